The van der Waals surface area contributed by atoms with Crippen LogP contribution in [-0.4, -0.2) is 17.0 Å². The number of nitrogens with one attached hydrogen (secondary N) is 2. The van der Waals surface area contributed by atoms with Gasteiger partial charge in [-0.2, -0.15) is 0 Å². The molecule has 24 heavy (non-hydrogen) atoms. The quantitative estimate of drug-likeness (QED) is 0.460. The second-order valence-corrected chi connectivity index (χ2v) is 5.76. The van der Waals surface area contributed by atoms with Crippen LogP contribution in [0.3, 0.4) is 0 Å². The lowest BCUT2D eigenvalue weighted by atomic mass is 10.0. The highest BCUT2D eigenvalue weighted by Gasteiger charge is 2.27. The predicted molar refractivity (Wildman–Crippen MR) is 91.4 cm³/mol. The summed E-state index contributed by atoms with van der Waals surface area (Å²) in [6.07, 6.45) is 4.24. The number of fused-ring (bicyclic) bond motifs is 1. The van der Waals surface area contributed by atoms with Crippen LogP contribution in [-0.2, 0) is 22.4 Å². The van der Waals surface area contributed by atoms with Gasteiger partial charge in [-0.3, -0.25) is 14.8 Å². The molecular weight excluding hydrogens is 304 g/mol. The predicted octanol–water partition coefficient (Wildman–Crippen LogP) is 2.56. The summed E-state index contributed by atoms with van der Waals surface area (Å²) >= 11 is 0. The summed E-state index contributed by atoms with van der Waals surface area (Å²) in [6.45, 7) is 0. The van der Waals surface area contributed by atoms with Crippen molar-refractivity contribution in [2.24, 2.45) is 5.92 Å². The van der Waals surface area contributed by atoms with Crippen molar-refractivity contribution in [3.8, 4) is 0 Å². The molecule has 0 unspecified atom stereocenters. The maximum Gasteiger partial charge on any atom is 0.267 e. The Bertz CT molecular complexity index is 774. The number of rotatable bonds is 4. The number of carbonyl (C=O) groups excluding carboxylic acids is 2. The lowest BCUT2D eigenvalue weighted by Crippen LogP contribution is -2.23. The number of carbonyl (C=O) groups is 2. The zero-order valence-electron chi connectivity index (χ0n) is 13.0. The van der Waals surface area contributed by atoms with Gasteiger partial charge in [0.1, 0.15) is 0 Å². The van der Waals surface area contributed by atoms with Crippen LogP contribution in [0.4, 0.5) is 5.69 Å². The van der Waals surface area contributed by atoms with E-state index in [1.54, 1.807) is 18.2 Å². The van der Waals surface area contributed by atoms with Crippen LogP contribution in [0, 0.1) is 5.92 Å². The van der Waals surface area contributed by atoms with E-state index in [1.165, 1.54) is 22.7 Å². The molecule has 122 valence electrons. The molecule has 0 bridgehead atoms. The summed E-state index contributed by atoms with van der Waals surface area (Å²) < 4.78 is 0. The normalized spacial score (nSPS) is 13.7. The number of hydrogen-bond donors (Lipinski definition) is 3. The van der Waals surface area contributed by atoms with Gasteiger partial charge in [-0.25, -0.2) is 5.48 Å². The molecule has 0 aliphatic heterocycles. The number of hydroxylamine groups is 1. The number of para-hydroxylation sites is 1. The lowest BCUT2D eigenvalue weighted by Gasteiger charge is -2.12. The first-order valence-electron chi connectivity index (χ1n) is 7.76. The first-order chi connectivity index (χ1) is 11.7. The molecule has 0 aromatic heterocycles. The molecule has 3 rings (SSSR count). The Kier molecular flexibility index (Phi) is 4.72. The minimum Gasteiger partial charge on any atom is -0.325 e. The third kappa shape index (κ3) is 3.52. The van der Waals surface area contributed by atoms with Crippen LogP contribution in [0.1, 0.15) is 16.7 Å². The third-order valence-electron chi connectivity index (χ3n) is 4.16. The van der Waals surface area contributed by atoms with E-state index in [0.29, 0.717) is 11.3 Å². The summed E-state index contributed by atoms with van der Waals surface area (Å²) in [5.41, 5.74) is 5.33. The fraction of sp³-hybridized carbons (Fsp3) is 0.158. The zero-order valence-corrected chi connectivity index (χ0v) is 13.0. The average molecular weight is 322 g/mol. The Morgan fingerprint density at radius 2 is 1.62 bits per heavy atom. The smallest absolute Gasteiger partial charge is 0.267 e. The van der Waals surface area contributed by atoms with Crippen molar-refractivity contribution in [2.75, 3.05) is 5.32 Å². The molecule has 5 heteroatoms. The molecule has 2 aromatic rings. The molecular formula is C19H18N2O3. The molecule has 0 radical (unpaired) electrons. The Balaban J connectivity index is 1.72. The molecule has 0 spiro atoms. The molecule has 1 aliphatic carbocycles. The monoisotopic (exact) mass is 322 g/mol. The van der Waals surface area contributed by atoms with Crippen molar-refractivity contribution in [1.29, 1.82) is 0 Å². The van der Waals surface area contributed by atoms with Crippen molar-refractivity contribution in [3.63, 3.8) is 0 Å². The largest absolute Gasteiger partial charge is 0.325 e. The molecule has 3 N–H and O–H groups in total. The summed E-state index contributed by atoms with van der Waals surface area (Å²) in [4.78, 5) is 23.7. The first kappa shape index (κ1) is 16.0. The molecule has 2 aromatic carbocycles. The highest BCUT2D eigenvalue weighted by atomic mass is 16.5. The highest BCUT2D eigenvalue weighted by Crippen LogP contribution is 2.28. The zero-order chi connectivity index (χ0) is 16.9. The maximum absolute atomic E-state index is 12.6. The van der Waals surface area contributed by atoms with Crippen molar-refractivity contribution in [1.82, 2.24) is 5.48 Å². The third-order valence-corrected chi connectivity index (χ3v) is 4.16. The van der Waals surface area contributed by atoms with Crippen molar-refractivity contribution >= 4 is 23.6 Å². The minimum absolute atomic E-state index is 0.0290. The Hall–Kier alpha value is -2.92. The van der Waals surface area contributed by atoms with Gasteiger partial charge >= 0.3 is 0 Å². The molecule has 0 saturated carbocycles. The SMILES string of the molecule is O=C(C=Cc1ccccc1NC(=O)C1Cc2ccccc2C1)NO. The molecule has 0 saturated heterocycles. The van der Waals surface area contributed by atoms with E-state index in [9.17, 15) is 9.59 Å². The Morgan fingerprint density at radius 1 is 1.00 bits per heavy atom. The second-order valence-electron chi connectivity index (χ2n) is 5.76. The summed E-state index contributed by atoms with van der Waals surface area (Å²) in [7, 11) is 0. The van der Waals surface area contributed by atoms with E-state index in [1.807, 2.05) is 24.3 Å². The van der Waals surface area contributed by atoms with Crippen molar-refractivity contribution < 1.29 is 14.8 Å². The van der Waals surface area contributed by atoms with Crippen molar-refractivity contribution in [2.45, 2.75) is 12.8 Å². The fourth-order valence-corrected chi connectivity index (χ4v) is 2.94. The van der Waals surface area contributed by atoms with Gasteiger partial charge in [0.05, 0.1) is 0 Å². The van der Waals surface area contributed by atoms with Crippen LogP contribution >= 0.6 is 0 Å². The van der Waals surface area contributed by atoms with Gasteiger partial charge in [-0.1, -0.05) is 42.5 Å². The van der Waals surface area contributed by atoms with E-state index in [-0.39, 0.29) is 11.8 Å². The average Bonchev–Trinajstić information content (AvgIpc) is 3.05. The number of hydrogen-bond acceptors (Lipinski definition) is 3. The number of amides is 2. The second kappa shape index (κ2) is 7.10. The van der Waals surface area contributed by atoms with Gasteiger partial charge in [-0.15, -0.1) is 0 Å². The molecule has 2 amide bonds. The van der Waals surface area contributed by atoms with Gasteiger partial charge in [0.25, 0.3) is 5.91 Å². The number of benzene rings is 2. The van der Waals surface area contributed by atoms with E-state index >= 15 is 0 Å². The molecule has 0 heterocycles. The number of anilines is 1. The lowest BCUT2D eigenvalue weighted by molar-refractivity contribution is -0.124. The first-order valence-corrected chi connectivity index (χ1v) is 7.76. The maximum atomic E-state index is 12.6. The molecule has 0 fully saturated rings. The van der Waals surface area contributed by atoms with E-state index in [4.69, 9.17) is 5.21 Å². The van der Waals surface area contributed by atoms with E-state index in [0.717, 1.165) is 12.8 Å². The standard InChI is InChI=1S/C19H18N2O3/c22-18(21-24)10-9-13-5-3-4-8-17(13)20-19(23)16-11-14-6-1-2-7-15(14)12-16/h1-10,16,24H,11-12H2,(H,20,23)(H,21,22). The highest BCUT2D eigenvalue weighted by molar-refractivity contribution is 5.97. The topological polar surface area (TPSA) is 78.4 Å². The van der Waals surface area contributed by atoms with Gasteiger partial charge in [0.15, 0.2) is 0 Å². The summed E-state index contributed by atoms with van der Waals surface area (Å²) in [5.74, 6) is -0.735. The van der Waals surface area contributed by atoms with Crippen LogP contribution in [0.15, 0.2) is 54.6 Å². The Morgan fingerprint density at radius 3 is 2.29 bits per heavy atom. The van der Waals surface area contributed by atoms with Crippen LogP contribution < -0.4 is 10.8 Å². The molecule has 1 aliphatic rings. The fourth-order valence-electron chi connectivity index (χ4n) is 2.94. The van der Waals surface area contributed by atoms with Crippen molar-refractivity contribution in [3.05, 3.63) is 71.3 Å². The van der Waals surface area contributed by atoms with Gasteiger partial charge < -0.3 is 5.32 Å². The van der Waals surface area contributed by atoms with Crippen LogP contribution in [0.2, 0.25) is 0 Å². The van der Waals surface area contributed by atoms with Gasteiger partial charge in [-0.05, 0) is 41.7 Å². The van der Waals surface area contributed by atoms with Crippen LogP contribution in [0.25, 0.3) is 6.08 Å². The van der Waals surface area contributed by atoms with Gasteiger partial charge in [0, 0.05) is 17.7 Å². The molecule has 5 nitrogen and oxygen atoms in total. The van der Waals surface area contributed by atoms with E-state index < -0.39 is 5.91 Å². The Labute approximate surface area is 140 Å². The summed E-state index contributed by atoms with van der Waals surface area (Å²) in [6, 6.07) is 15.3. The van der Waals surface area contributed by atoms with Gasteiger partial charge in [0.2, 0.25) is 5.91 Å². The van der Waals surface area contributed by atoms with E-state index in [2.05, 4.69) is 17.4 Å². The van der Waals surface area contributed by atoms with Crippen LogP contribution in [0.5, 0.6) is 0 Å². The summed E-state index contributed by atoms with van der Waals surface area (Å²) in [5, 5.41) is 11.5. The molecule has 0 atom stereocenters. The minimum atomic E-state index is -0.623.